The Morgan fingerprint density at radius 2 is 2.00 bits per heavy atom. The summed E-state index contributed by atoms with van der Waals surface area (Å²) in [4.78, 5) is 10.7. The van der Waals surface area contributed by atoms with Gasteiger partial charge in [0.2, 0.25) is 0 Å². The van der Waals surface area contributed by atoms with Crippen molar-refractivity contribution in [3.8, 4) is 0 Å². The van der Waals surface area contributed by atoms with E-state index in [0.717, 1.165) is 18.9 Å². The zero-order chi connectivity index (χ0) is 11.1. The van der Waals surface area contributed by atoms with E-state index >= 15 is 0 Å². The number of aliphatic imine (C=N–C) groups is 1. The zero-order valence-corrected chi connectivity index (χ0v) is 8.93. The maximum Gasteiger partial charge on any atom is 0.128 e. The van der Waals surface area contributed by atoms with Gasteiger partial charge in [-0.3, -0.25) is 4.99 Å². The molecule has 0 amide bonds. The molecular formula is C12H14N4. The molecule has 0 aliphatic carbocycles. The lowest BCUT2D eigenvalue weighted by molar-refractivity contribution is 0.960. The molecule has 1 aliphatic heterocycles. The largest absolute Gasteiger partial charge is 0.368 e. The third-order valence-corrected chi connectivity index (χ3v) is 2.13. The van der Waals surface area contributed by atoms with Crippen LogP contribution in [-0.4, -0.2) is 28.9 Å². The van der Waals surface area contributed by atoms with Gasteiger partial charge >= 0.3 is 0 Å². The maximum atomic E-state index is 4.31. The first-order valence-corrected chi connectivity index (χ1v) is 5.23. The van der Waals surface area contributed by atoms with Crippen molar-refractivity contribution in [2.75, 3.05) is 13.1 Å². The third kappa shape index (κ3) is 2.95. The van der Waals surface area contributed by atoms with Crippen LogP contribution >= 0.6 is 0 Å². The predicted octanol–water partition coefficient (Wildman–Crippen LogP) is 1.45. The van der Waals surface area contributed by atoms with Gasteiger partial charge in [0, 0.05) is 24.5 Å². The Kier molecular flexibility index (Phi) is 3.71. The molecule has 4 nitrogen and oxygen atoms in total. The minimum atomic E-state index is 0.907. The fourth-order valence-corrected chi connectivity index (χ4v) is 1.40. The molecule has 0 saturated carbocycles. The Hall–Kier alpha value is -2.10. The molecule has 16 heavy (non-hydrogen) atoms. The van der Waals surface area contributed by atoms with Crippen LogP contribution in [0.15, 0.2) is 54.0 Å². The standard InChI is InChI=1S/C9H10N2.C3H4N2/c1-2-4-8(5-3-1)9-10-6-7-11-9;1-2-5-3-4-1/h1-5H,6-7H2,(H,10,11);1-3H,(H,4,5). The topological polar surface area (TPSA) is 53.1 Å². The molecule has 2 N–H and O–H groups in total. The van der Waals surface area contributed by atoms with E-state index in [9.17, 15) is 0 Å². The Morgan fingerprint density at radius 3 is 2.50 bits per heavy atom. The number of aromatic amines is 1. The second-order valence-electron chi connectivity index (χ2n) is 3.28. The number of amidine groups is 1. The first-order chi connectivity index (χ1) is 7.97. The van der Waals surface area contributed by atoms with Crippen LogP contribution in [0.4, 0.5) is 0 Å². The molecule has 1 aliphatic rings. The minimum absolute atomic E-state index is 0.907. The summed E-state index contributed by atoms with van der Waals surface area (Å²) in [7, 11) is 0. The van der Waals surface area contributed by atoms with Gasteiger partial charge in [0.05, 0.1) is 12.9 Å². The summed E-state index contributed by atoms with van der Waals surface area (Å²) in [5.74, 6) is 1.03. The summed E-state index contributed by atoms with van der Waals surface area (Å²) in [6.07, 6.45) is 5.08. The fourth-order valence-electron chi connectivity index (χ4n) is 1.40. The van der Waals surface area contributed by atoms with Gasteiger partial charge in [0.15, 0.2) is 0 Å². The van der Waals surface area contributed by atoms with Gasteiger partial charge in [0.1, 0.15) is 5.84 Å². The number of hydrogen-bond donors (Lipinski definition) is 2. The van der Waals surface area contributed by atoms with Crippen molar-refractivity contribution in [3.05, 3.63) is 54.6 Å². The lowest BCUT2D eigenvalue weighted by atomic mass is 10.2. The molecule has 82 valence electrons. The highest BCUT2D eigenvalue weighted by Crippen LogP contribution is 2.01. The quantitative estimate of drug-likeness (QED) is 0.754. The number of benzene rings is 1. The highest BCUT2D eigenvalue weighted by atomic mass is 15.1. The molecule has 0 fully saturated rings. The molecule has 2 heterocycles. The van der Waals surface area contributed by atoms with E-state index in [1.165, 1.54) is 5.56 Å². The van der Waals surface area contributed by atoms with Crippen molar-refractivity contribution >= 4 is 5.84 Å². The smallest absolute Gasteiger partial charge is 0.128 e. The predicted molar refractivity (Wildman–Crippen MR) is 64.4 cm³/mol. The van der Waals surface area contributed by atoms with Crippen molar-refractivity contribution in [1.82, 2.24) is 15.3 Å². The van der Waals surface area contributed by atoms with E-state index in [2.05, 4.69) is 32.4 Å². The molecule has 4 heteroatoms. The van der Waals surface area contributed by atoms with Gasteiger partial charge in [-0.1, -0.05) is 30.3 Å². The Labute approximate surface area is 94.5 Å². The van der Waals surface area contributed by atoms with Gasteiger partial charge in [-0.2, -0.15) is 0 Å². The number of rotatable bonds is 1. The lowest BCUT2D eigenvalue weighted by Crippen LogP contribution is -2.19. The average molecular weight is 214 g/mol. The van der Waals surface area contributed by atoms with Crippen molar-refractivity contribution < 1.29 is 0 Å². The molecular weight excluding hydrogens is 200 g/mol. The molecule has 0 bridgehead atoms. The molecule has 0 saturated heterocycles. The van der Waals surface area contributed by atoms with Crippen LogP contribution in [0.2, 0.25) is 0 Å². The zero-order valence-electron chi connectivity index (χ0n) is 8.93. The van der Waals surface area contributed by atoms with Crippen molar-refractivity contribution in [3.63, 3.8) is 0 Å². The van der Waals surface area contributed by atoms with Crippen LogP contribution in [-0.2, 0) is 0 Å². The summed E-state index contributed by atoms with van der Waals surface area (Å²) in [5.41, 5.74) is 1.19. The highest BCUT2D eigenvalue weighted by molar-refractivity contribution is 5.99. The van der Waals surface area contributed by atoms with Gasteiger partial charge in [0.25, 0.3) is 0 Å². The summed E-state index contributed by atoms with van der Waals surface area (Å²) in [6.45, 7) is 1.88. The molecule has 0 unspecified atom stereocenters. The van der Waals surface area contributed by atoms with E-state index in [-0.39, 0.29) is 0 Å². The molecule has 1 aromatic heterocycles. The normalized spacial score (nSPS) is 13.4. The second kappa shape index (κ2) is 5.70. The van der Waals surface area contributed by atoms with Crippen LogP contribution in [0.3, 0.4) is 0 Å². The second-order valence-corrected chi connectivity index (χ2v) is 3.28. The number of aromatic nitrogens is 2. The number of nitrogens with one attached hydrogen (secondary N) is 2. The highest BCUT2D eigenvalue weighted by Gasteiger charge is 2.05. The lowest BCUT2D eigenvalue weighted by Gasteiger charge is -1.99. The Bertz CT molecular complexity index is 402. The van der Waals surface area contributed by atoms with E-state index in [4.69, 9.17) is 0 Å². The third-order valence-electron chi connectivity index (χ3n) is 2.13. The molecule has 0 spiro atoms. The van der Waals surface area contributed by atoms with Crippen LogP contribution in [0.1, 0.15) is 5.56 Å². The van der Waals surface area contributed by atoms with Crippen LogP contribution in [0, 0.1) is 0 Å². The van der Waals surface area contributed by atoms with Crippen molar-refractivity contribution in [1.29, 1.82) is 0 Å². The molecule has 2 aromatic rings. The minimum Gasteiger partial charge on any atom is -0.368 e. The molecule has 1 aromatic carbocycles. The van der Waals surface area contributed by atoms with Gasteiger partial charge < -0.3 is 10.3 Å². The van der Waals surface area contributed by atoms with Crippen molar-refractivity contribution in [2.45, 2.75) is 0 Å². The van der Waals surface area contributed by atoms with E-state index in [1.807, 2.05) is 18.2 Å². The molecule has 3 rings (SSSR count). The number of hydrogen-bond acceptors (Lipinski definition) is 3. The van der Waals surface area contributed by atoms with Gasteiger partial charge in [-0.05, 0) is 0 Å². The van der Waals surface area contributed by atoms with E-state index in [0.29, 0.717) is 0 Å². The molecule has 0 atom stereocenters. The first kappa shape index (κ1) is 10.4. The van der Waals surface area contributed by atoms with Crippen LogP contribution in [0.5, 0.6) is 0 Å². The van der Waals surface area contributed by atoms with Crippen molar-refractivity contribution in [2.24, 2.45) is 4.99 Å². The Morgan fingerprint density at radius 1 is 1.12 bits per heavy atom. The summed E-state index contributed by atoms with van der Waals surface area (Å²) in [6, 6.07) is 10.2. The van der Waals surface area contributed by atoms with Crippen LogP contribution < -0.4 is 5.32 Å². The monoisotopic (exact) mass is 214 g/mol. The van der Waals surface area contributed by atoms with Gasteiger partial charge in [-0.15, -0.1) is 0 Å². The first-order valence-electron chi connectivity index (χ1n) is 5.23. The van der Waals surface area contributed by atoms with Crippen LogP contribution in [0.25, 0.3) is 0 Å². The number of H-pyrrole nitrogens is 1. The van der Waals surface area contributed by atoms with E-state index in [1.54, 1.807) is 18.7 Å². The number of imidazole rings is 1. The molecule has 0 radical (unpaired) electrons. The average Bonchev–Trinajstić information content (AvgIpc) is 3.07. The maximum absolute atomic E-state index is 4.31. The number of nitrogens with zero attached hydrogens (tertiary/aromatic N) is 2. The SMILES string of the molecule is c1c[nH]cn1.c1ccc(C2=NCCN2)cc1. The summed E-state index contributed by atoms with van der Waals surface area (Å²) in [5, 5.41) is 3.22. The van der Waals surface area contributed by atoms with E-state index < -0.39 is 0 Å². The fraction of sp³-hybridized carbons (Fsp3) is 0.167. The van der Waals surface area contributed by atoms with Gasteiger partial charge in [-0.25, -0.2) is 4.98 Å². The Balaban J connectivity index is 0.000000162. The summed E-state index contributed by atoms with van der Waals surface area (Å²) >= 11 is 0. The summed E-state index contributed by atoms with van der Waals surface area (Å²) < 4.78 is 0.